The van der Waals surface area contributed by atoms with Crippen LogP contribution in [0.25, 0.3) is 0 Å². The van der Waals surface area contributed by atoms with E-state index in [1.54, 1.807) is 0 Å². The van der Waals surface area contributed by atoms with E-state index >= 15 is 0 Å². The van der Waals surface area contributed by atoms with Crippen molar-refractivity contribution in [2.45, 2.75) is 46.1 Å². The molecule has 1 aliphatic rings. The molecule has 1 unspecified atom stereocenters. The normalized spacial score (nSPS) is 17.7. The van der Waals surface area contributed by atoms with Gasteiger partial charge in [0, 0.05) is 24.0 Å². The summed E-state index contributed by atoms with van der Waals surface area (Å²) in [4.78, 5) is 8.89. The third kappa shape index (κ3) is 6.15. The minimum absolute atomic E-state index is 0.560. The minimum atomic E-state index is 0.560. The molecule has 0 amide bonds. The van der Waals surface area contributed by atoms with Crippen molar-refractivity contribution < 1.29 is 0 Å². The van der Waals surface area contributed by atoms with Crippen molar-refractivity contribution >= 4 is 17.3 Å². The van der Waals surface area contributed by atoms with Crippen molar-refractivity contribution in [2.75, 3.05) is 32.7 Å². The van der Waals surface area contributed by atoms with Gasteiger partial charge in [-0.2, -0.15) is 0 Å². The number of guanidine groups is 1. The van der Waals surface area contributed by atoms with Crippen molar-refractivity contribution in [2.24, 2.45) is 10.9 Å². The lowest BCUT2D eigenvalue weighted by Crippen LogP contribution is -2.42. The maximum Gasteiger partial charge on any atom is 0.191 e. The van der Waals surface area contributed by atoms with Gasteiger partial charge in [-0.15, -0.1) is 11.3 Å². The molecule has 0 aromatic carbocycles. The summed E-state index contributed by atoms with van der Waals surface area (Å²) in [7, 11) is 0. The van der Waals surface area contributed by atoms with Crippen LogP contribution in [0.4, 0.5) is 0 Å². The molecule has 0 radical (unpaired) electrons. The zero-order chi connectivity index (χ0) is 16.5. The van der Waals surface area contributed by atoms with Gasteiger partial charge in [-0.3, -0.25) is 9.89 Å². The Labute approximate surface area is 145 Å². The number of rotatable bonds is 8. The van der Waals surface area contributed by atoms with Gasteiger partial charge in [0.1, 0.15) is 0 Å². The first-order valence-electron chi connectivity index (χ1n) is 8.99. The summed E-state index contributed by atoms with van der Waals surface area (Å²) in [5.74, 6) is 1.60. The Morgan fingerprint density at radius 2 is 2.09 bits per heavy atom. The zero-order valence-corrected chi connectivity index (χ0v) is 15.7. The molecule has 0 aliphatic carbocycles. The van der Waals surface area contributed by atoms with Crippen LogP contribution in [0.5, 0.6) is 0 Å². The van der Waals surface area contributed by atoms with Crippen molar-refractivity contribution in [1.82, 2.24) is 15.5 Å². The smallest absolute Gasteiger partial charge is 0.191 e. The molecule has 1 aliphatic heterocycles. The summed E-state index contributed by atoms with van der Waals surface area (Å²) >= 11 is 1.82. The first-order valence-corrected chi connectivity index (χ1v) is 9.87. The van der Waals surface area contributed by atoms with E-state index in [1.807, 2.05) is 11.3 Å². The molecule has 4 nitrogen and oxygen atoms in total. The van der Waals surface area contributed by atoms with E-state index in [4.69, 9.17) is 4.99 Å². The molecule has 2 heterocycles. The second kappa shape index (κ2) is 9.93. The molecular formula is C18H32N4S. The van der Waals surface area contributed by atoms with Gasteiger partial charge < -0.3 is 10.6 Å². The van der Waals surface area contributed by atoms with E-state index in [1.165, 1.54) is 30.8 Å². The highest BCUT2D eigenvalue weighted by atomic mass is 32.1. The number of hydrogen-bond acceptors (Lipinski definition) is 3. The fraction of sp³-hybridized carbons (Fsp3) is 0.722. The van der Waals surface area contributed by atoms with E-state index in [0.717, 1.165) is 32.0 Å². The third-order valence-electron chi connectivity index (χ3n) is 4.40. The monoisotopic (exact) mass is 336 g/mol. The Morgan fingerprint density at radius 1 is 1.30 bits per heavy atom. The Bertz CT molecular complexity index is 450. The van der Waals surface area contributed by atoms with Gasteiger partial charge >= 0.3 is 0 Å². The largest absolute Gasteiger partial charge is 0.357 e. The molecule has 0 saturated carbocycles. The second-order valence-electron chi connectivity index (χ2n) is 6.53. The second-order valence-corrected chi connectivity index (χ2v) is 7.56. The molecule has 1 atom stereocenters. The molecule has 1 saturated heterocycles. The summed E-state index contributed by atoms with van der Waals surface area (Å²) < 4.78 is 0. The predicted molar refractivity (Wildman–Crippen MR) is 101 cm³/mol. The average molecular weight is 337 g/mol. The number of nitrogens with one attached hydrogen (secondary N) is 2. The fourth-order valence-electron chi connectivity index (χ4n) is 3.11. The summed E-state index contributed by atoms with van der Waals surface area (Å²) in [6.45, 7) is 11.9. The van der Waals surface area contributed by atoms with Gasteiger partial charge in [0.2, 0.25) is 0 Å². The highest BCUT2D eigenvalue weighted by Gasteiger charge is 2.24. The predicted octanol–water partition coefficient (Wildman–Crippen LogP) is 2.97. The lowest BCUT2D eigenvalue weighted by molar-refractivity contribution is 0.197. The zero-order valence-electron chi connectivity index (χ0n) is 14.8. The van der Waals surface area contributed by atoms with Crippen LogP contribution in [-0.4, -0.2) is 49.6 Å². The van der Waals surface area contributed by atoms with Crippen molar-refractivity contribution in [3.8, 4) is 0 Å². The molecule has 130 valence electrons. The standard InChI is InChI=1S/C18H32N4S/c1-4-19-18(20-10-9-16-8-7-13-23-16)21-14-17(15(2)3)22-11-5-6-12-22/h7-8,13,15,17H,4-6,9-12,14H2,1-3H3,(H2,19,20,21). The number of hydrogen-bond donors (Lipinski definition) is 2. The Balaban J connectivity index is 1.85. The molecule has 23 heavy (non-hydrogen) atoms. The summed E-state index contributed by atoms with van der Waals surface area (Å²) in [6.07, 6.45) is 3.74. The van der Waals surface area contributed by atoms with E-state index in [9.17, 15) is 0 Å². The van der Waals surface area contributed by atoms with E-state index in [-0.39, 0.29) is 0 Å². The number of nitrogens with zero attached hydrogens (tertiary/aromatic N) is 2. The van der Waals surface area contributed by atoms with Crippen molar-refractivity contribution in [1.29, 1.82) is 0 Å². The summed E-state index contributed by atoms with van der Waals surface area (Å²) in [6, 6.07) is 4.87. The molecule has 2 rings (SSSR count). The summed E-state index contributed by atoms with van der Waals surface area (Å²) in [5, 5.41) is 8.98. The van der Waals surface area contributed by atoms with Gasteiger partial charge in [-0.05, 0) is 56.6 Å². The van der Waals surface area contributed by atoms with E-state index < -0.39 is 0 Å². The average Bonchev–Trinajstić information content (AvgIpc) is 3.20. The first-order chi connectivity index (χ1) is 11.2. The van der Waals surface area contributed by atoms with Crippen LogP contribution < -0.4 is 10.6 Å². The first kappa shape index (κ1) is 18.3. The van der Waals surface area contributed by atoms with Crippen LogP contribution in [0.3, 0.4) is 0 Å². The van der Waals surface area contributed by atoms with Crippen LogP contribution >= 0.6 is 11.3 Å². The Kier molecular flexibility index (Phi) is 7.89. The van der Waals surface area contributed by atoms with Gasteiger partial charge in [-0.1, -0.05) is 19.9 Å². The SMILES string of the molecule is CCNC(=NCC(C(C)C)N1CCCC1)NCCc1cccs1. The number of thiophene rings is 1. The topological polar surface area (TPSA) is 39.7 Å². The van der Waals surface area contributed by atoms with Gasteiger partial charge in [-0.25, -0.2) is 0 Å². The lowest BCUT2D eigenvalue weighted by Gasteiger charge is -2.29. The molecule has 0 bridgehead atoms. The Hall–Kier alpha value is -1.07. The highest BCUT2D eigenvalue weighted by molar-refractivity contribution is 7.09. The molecule has 1 aromatic rings. The van der Waals surface area contributed by atoms with Crippen LogP contribution in [0.15, 0.2) is 22.5 Å². The number of aliphatic imine (C=N–C) groups is 1. The van der Waals surface area contributed by atoms with E-state index in [0.29, 0.717) is 12.0 Å². The fourth-order valence-corrected chi connectivity index (χ4v) is 3.82. The number of likely N-dealkylation sites (tertiary alicyclic amines) is 1. The maximum atomic E-state index is 4.85. The molecular weight excluding hydrogens is 304 g/mol. The van der Waals surface area contributed by atoms with Gasteiger partial charge in [0.15, 0.2) is 5.96 Å². The minimum Gasteiger partial charge on any atom is -0.357 e. The summed E-state index contributed by atoms with van der Waals surface area (Å²) in [5.41, 5.74) is 0. The van der Waals surface area contributed by atoms with E-state index in [2.05, 4.69) is 53.8 Å². The van der Waals surface area contributed by atoms with Crippen LogP contribution in [0.1, 0.15) is 38.5 Å². The van der Waals surface area contributed by atoms with Gasteiger partial charge in [0.05, 0.1) is 6.54 Å². The molecule has 5 heteroatoms. The van der Waals surface area contributed by atoms with Crippen LogP contribution in [0, 0.1) is 5.92 Å². The Morgan fingerprint density at radius 3 is 2.70 bits per heavy atom. The maximum absolute atomic E-state index is 4.85. The van der Waals surface area contributed by atoms with Crippen molar-refractivity contribution in [3.05, 3.63) is 22.4 Å². The molecule has 1 aromatic heterocycles. The molecule has 1 fully saturated rings. The quantitative estimate of drug-likeness (QED) is 0.566. The third-order valence-corrected chi connectivity index (χ3v) is 5.34. The molecule has 2 N–H and O–H groups in total. The van der Waals surface area contributed by atoms with Crippen molar-refractivity contribution in [3.63, 3.8) is 0 Å². The van der Waals surface area contributed by atoms with Crippen LogP contribution in [0.2, 0.25) is 0 Å². The van der Waals surface area contributed by atoms with Gasteiger partial charge in [0.25, 0.3) is 0 Å². The molecule has 0 spiro atoms. The van der Waals surface area contributed by atoms with Crippen LogP contribution in [-0.2, 0) is 6.42 Å². The lowest BCUT2D eigenvalue weighted by atomic mass is 10.0. The highest BCUT2D eigenvalue weighted by Crippen LogP contribution is 2.18.